The molecule has 2 rings (SSSR count). The van der Waals surface area contributed by atoms with Crippen molar-refractivity contribution in [3.63, 3.8) is 0 Å². The van der Waals surface area contributed by atoms with Crippen LogP contribution in [0.3, 0.4) is 0 Å². The maximum absolute atomic E-state index is 9.49. The van der Waals surface area contributed by atoms with Crippen molar-refractivity contribution in [2.45, 2.75) is 24.9 Å². The Morgan fingerprint density at radius 3 is 2.90 bits per heavy atom. The van der Waals surface area contributed by atoms with Gasteiger partial charge in [-0.3, -0.25) is 0 Å². The van der Waals surface area contributed by atoms with Crippen molar-refractivity contribution >= 4 is 0 Å². The molecule has 1 aromatic rings. The zero-order valence-corrected chi connectivity index (χ0v) is 5.80. The van der Waals surface area contributed by atoms with E-state index in [1.807, 2.05) is 18.5 Å². The molecule has 2 heteroatoms. The van der Waals surface area contributed by atoms with Gasteiger partial charge in [0.15, 0.2) is 0 Å². The largest absolute Gasteiger partial charge is 0.390 e. The molecule has 0 aliphatic heterocycles. The van der Waals surface area contributed by atoms with Gasteiger partial charge in [0.2, 0.25) is 0 Å². The first-order valence-corrected chi connectivity index (χ1v) is 3.63. The minimum absolute atomic E-state index is 0.345. The Balaban J connectivity index is 2.04. The number of hydrogen-bond acceptors (Lipinski definition) is 1. The fourth-order valence-corrected chi connectivity index (χ4v) is 1.17. The molecule has 1 fully saturated rings. The molecule has 0 radical (unpaired) electrons. The molecule has 1 aliphatic rings. The van der Waals surface area contributed by atoms with E-state index in [1.54, 1.807) is 0 Å². The summed E-state index contributed by atoms with van der Waals surface area (Å²) in [4.78, 5) is 2.97. The molecule has 10 heavy (non-hydrogen) atoms. The van der Waals surface area contributed by atoms with Crippen LogP contribution in [0.5, 0.6) is 0 Å². The van der Waals surface area contributed by atoms with Crippen molar-refractivity contribution in [1.82, 2.24) is 4.98 Å². The summed E-state index contributed by atoms with van der Waals surface area (Å²) in [6.45, 7) is 0. The monoisotopic (exact) mass is 137 g/mol. The third kappa shape index (κ3) is 1.07. The molecule has 1 heterocycles. The molecular weight excluding hydrogens is 126 g/mol. The summed E-state index contributed by atoms with van der Waals surface area (Å²) in [6.07, 6.45) is 6.59. The Morgan fingerprint density at radius 2 is 2.40 bits per heavy atom. The molecule has 54 valence electrons. The van der Waals surface area contributed by atoms with Crippen LogP contribution < -0.4 is 0 Å². The first-order valence-electron chi connectivity index (χ1n) is 3.63. The van der Waals surface area contributed by atoms with Gasteiger partial charge in [0, 0.05) is 18.8 Å². The van der Waals surface area contributed by atoms with E-state index in [0.717, 1.165) is 19.3 Å². The van der Waals surface area contributed by atoms with Crippen molar-refractivity contribution in [2.24, 2.45) is 0 Å². The second kappa shape index (κ2) is 1.86. The van der Waals surface area contributed by atoms with E-state index in [0.29, 0.717) is 0 Å². The Bertz CT molecular complexity index is 211. The molecule has 1 aromatic heterocycles. The van der Waals surface area contributed by atoms with E-state index in [-0.39, 0.29) is 5.60 Å². The highest BCUT2D eigenvalue weighted by Gasteiger charge is 2.40. The number of hydrogen-bond donors (Lipinski definition) is 2. The van der Waals surface area contributed by atoms with E-state index in [4.69, 9.17) is 0 Å². The lowest BCUT2D eigenvalue weighted by Gasteiger charge is -2.02. The maximum Gasteiger partial charge on any atom is 0.0690 e. The first kappa shape index (κ1) is 5.98. The van der Waals surface area contributed by atoms with E-state index >= 15 is 0 Å². The summed E-state index contributed by atoms with van der Waals surface area (Å²) in [5, 5.41) is 9.49. The predicted molar refractivity (Wildman–Crippen MR) is 38.7 cm³/mol. The molecule has 2 nitrogen and oxygen atoms in total. The van der Waals surface area contributed by atoms with Crippen LogP contribution >= 0.6 is 0 Å². The maximum atomic E-state index is 9.49. The zero-order valence-electron chi connectivity index (χ0n) is 5.80. The van der Waals surface area contributed by atoms with Crippen molar-refractivity contribution in [1.29, 1.82) is 0 Å². The lowest BCUT2D eigenvalue weighted by molar-refractivity contribution is 0.151. The molecule has 0 spiro atoms. The molecule has 0 bridgehead atoms. The Labute approximate surface area is 59.9 Å². The quantitative estimate of drug-likeness (QED) is 0.628. The van der Waals surface area contributed by atoms with Crippen LogP contribution in [0.1, 0.15) is 18.4 Å². The van der Waals surface area contributed by atoms with Gasteiger partial charge in [0.25, 0.3) is 0 Å². The summed E-state index contributed by atoms with van der Waals surface area (Å²) in [6, 6.07) is 2.01. The zero-order chi connectivity index (χ0) is 7.03. The Morgan fingerprint density at radius 1 is 1.60 bits per heavy atom. The molecule has 2 N–H and O–H groups in total. The minimum atomic E-state index is -0.345. The normalized spacial score (nSPS) is 20.9. The topological polar surface area (TPSA) is 36.0 Å². The average Bonchev–Trinajstić information content (AvgIpc) is 2.47. The highest BCUT2D eigenvalue weighted by Crippen LogP contribution is 2.37. The molecule has 1 saturated carbocycles. The van der Waals surface area contributed by atoms with Gasteiger partial charge in [-0.05, 0) is 24.5 Å². The number of aromatic amines is 1. The lowest BCUT2D eigenvalue weighted by Crippen LogP contribution is -2.09. The third-order valence-corrected chi connectivity index (χ3v) is 2.02. The fraction of sp³-hybridized carbons (Fsp3) is 0.500. The van der Waals surface area contributed by atoms with Crippen molar-refractivity contribution in [3.05, 3.63) is 24.0 Å². The Kier molecular flexibility index (Phi) is 1.11. The Hall–Kier alpha value is -0.760. The van der Waals surface area contributed by atoms with Crippen LogP contribution in [0.15, 0.2) is 18.5 Å². The summed E-state index contributed by atoms with van der Waals surface area (Å²) in [5.74, 6) is 0. The molecule has 0 amide bonds. The average molecular weight is 137 g/mol. The summed E-state index contributed by atoms with van der Waals surface area (Å²) in [5.41, 5.74) is 0.863. The van der Waals surface area contributed by atoms with Crippen molar-refractivity contribution in [2.75, 3.05) is 0 Å². The second-order valence-corrected chi connectivity index (χ2v) is 3.12. The highest BCUT2D eigenvalue weighted by atomic mass is 16.3. The van der Waals surface area contributed by atoms with E-state index in [1.165, 1.54) is 5.56 Å². The second-order valence-electron chi connectivity index (χ2n) is 3.12. The minimum Gasteiger partial charge on any atom is -0.390 e. The van der Waals surface area contributed by atoms with E-state index in [9.17, 15) is 5.11 Å². The van der Waals surface area contributed by atoms with Gasteiger partial charge in [0.05, 0.1) is 5.60 Å². The van der Waals surface area contributed by atoms with Gasteiger partial charge in [-0.2, -0.15) is 0 Å². The van der Waals surface area contributed by atoms with Gasteiger partial charge in [-0.1, -0.05) is 0 Å². The van der Waals surface area contributed by atoms with Crippen molar-refractivity contribution < 1.29 is 5.11 Å². The highest BCUT2D eigenvalue weighted by molar-refractivity contribution is 5.14. The van der Waals surface area contributed by atoms with Crippen LogP contribution in [0.25, 0.3) is 0 Å². The first-order chi connectivity index (χ1) is 4.79. The van der Waals surface area contributed by atoms with Gasteiger partial charge >= 0.3 is 0 Å². The van der Waals surface area contributed by atoms with E-state index < -0.39 is 0 Å². The fourth-order valence-electron chi connectivity index (χ4n) is 1.17. The molecule has 0 aromatic carbocycles. The van der Waals surface area contributed by atoms with Crippen LogP contribution in [0.4, 0.5) is 0 Å². The van der Waals surface area contributed by atoms with Crippen LogP contribution in [0, 0.1) is 0 Å². The van der Waals surface area contributed by atoms with Gasteiger partial charge in [0.1, 0.15) is 0 Å². The summed E-state index contributed by atoms with van der Waals surface area (Å²) < 4.78 is 0. The van der Waals surface area contributed by atoms with Crippen LogP contribution in [-0.2, 0) is 6.42 Å². The SMILES string of the molecule is OC1(Cc2cc[nH]c2)CC1. The molecule has 0 saturated heterocycles. The van der Waals surface area contributed by atoms with Gasteiger partial charge < -0.3 is 10.1 Å². The van der Waals surface area contributed by atoms with Crippen LogP contribution in [-0.4, -0.2) is 15.7 Å². The molecule has 0 unspecified atom stereocenters. The summed E-state index contributed by atoms with van der Waals surface area (Å²) in [7, 11) is 0. The van der Waals surface area contributed by atoms with Gasteiger partial charge in [-0.15, -0.1) is 0 Å². The summed E-state index contributed by atoms with van der Waals surface area (Å²) >= 11 is 0. The van der Waals surface area contributed by atoms with Crippen molar-refractivity contribution in [3.8, 4) is 0 Å². The van der Waals surface area contributed by atoms with Crippen LogP contribution in [0.2, 0.25) is 0 Å². The number of aromatic nitrogens is 1. The van der Waals surface area contributed by atoms with Gasteiger partial charge in [-0.25, -0.2) is 0 Å². The third-order valence-electron chi connectivity index (χ3n) is 2.02. The number of aliphatic hydroxyl groups is 1. The lowest BCUT2D eigenvalue weighted by atomic mass is 10.1. The smallest absolute Gasteiger partial charge is 0.0690 e. The molecule has 1 aliphatic carbocycles. The number of rotatable bonds is 2. The van der Waals surface area contributed by atoms with E-state index in [2.05, 4.69) is 4.98 Å². The number of nitrogens with one attached hydrogen (secondary N) is 1. The standard InChI is InChI=1S/C8H11NO/c10-8(2-3-8)5-7-1-4-9-6-7/h1,4,6,9-10H,2-3,5H2. The molecule has 0 atom stereocenters. The number of H-pyrrole nitrogens is 1. The molecular formula is C8H11NO. The predicted octanol–water partition coefficient (Wildman–Crippen LogP) is 1.08.